The second-order valence-corrected chi connectivity index (χ2v) is 6.14. The fourth-order valence-electron chi connectivity index (χ4n) is 2.89. The molecule has 1 amide bonds. The summed E-state index contributed by atoms with van der Waals surface area (Å²) < 4.78 is 7.32. The lowest BCUT2D eigenvalue weighted by atomic mass is 10.1. The summed E-state index contributed by atoms with van der Waals surface area (Å²) in [6.07, 6.45) is 6.40. The first kappa shape index (κ1) is 17.5. The number of oxazole rings is 1. The summed E-state index contributed by atoms with van der Waals surface area (Å²) in [7, 11) is 0. The molecule has 0 aliphatic carbocycles. The van der Waals surface area contributed by atoms with Gasteiger partial charge in [-0.2, -0.15) is 4.98 Å². The zero-order chi connectivity index (χ0) is 19.3. The molecule has 4 rings (SSSR count). The first-order valence-corrected chi connectivity index (χ1v) is 8.74. The van der Waals surface area contributed by atoms with Gasteiger partial charge in [-0.1, -0.05) is 12.1 Å². The van der Waals surface area contributed by atoms with E-state index < -0.39 is 6.09 Å². The van der Waals surface area contributed by atoms with Gasteiger partial charge in [-0.05, 0) is 24.6 Å². The first-order chi connectivity index (χ1) is 13.7. The highest BCUT2D eigenvalue weighted by Gasteiger charge is 2.07. The molecule has 9 nitrogen and oxygen atoms in total. The maximum absolute atomic E-state index is 10.5. The SMILES string of the molecule is O=C(O)NCCCn1ccc2cnc(Nc3cccc(-c4cnco4)c3)nc21. The van der Waals surface area contributed by atoms with Crippen molar-refractivity contribution >= 4 is 28.8 Å². The Bertz CT molecular complexity index is 1090. The van der Waals surface area contributed by atoms with Crippen molar-refractivity contribution < 1.29 is 14.3 Å². The molecule has 0 aliphatic heterocycles. The molecule has 0 radical (unpaired) electrons. The second-order valence-electron chi connectivity index (χ2n) is 6.14. The van der Waals surface area contributed by atoms with E-state index in [-0.39, 0.29) is 0 Å². The van der Waals surface area contributed by atoms with Gasteiger partial charge >= 0.3 is 6.09 Å². The summed E-state index contributed by atoms with van der Waals surface area (Å²) in [4.78, 5) is 23.4. The summed E-state index contributed by atoms with van der Waals surface area (Å²) in [5, 5.41) is 15.1. The molecule has 9 heteroatoms. The normalized spacial score (nSPS) is 10.9. The minimum atomic E-state index is -1.02. The lowest BCUT2D eigenvalue weighted by Crippen LogP contribution is -2.22. The Hall–Kier alpha value is -3.88. The van der Waals surface area contributed by atoms with Gasteiger partial charge in [-0.25, -0.2) is 14.8 Å². The van der Waals surface area contributed by atoms with Crippen molar-refractivity contribution in [3.63, 3.8) is 0 Å². The number of nitrogens with zero attached hydrogens (tertiary/aromatic N) is 4. The number of nitrogens with one attached hydrogen (secondary N) is 2. The van der Waals surface area contributed by atoms with Crippen LogP contribution < -0.4 is 10.6 Å². The maximum Gasteiger partial charge on any atom is 0.404 e. The van der Waals surface area contributed by atoms with Crippen molar-refractivity contribution in [3.8, 4) is 11.3 Å². The predicted octanol–water partition coefficient (Wildman–Crippen LogP) is 3.49. The molecule has 0 bridgehead atoms. The highest BCUT2D eigenvalue weighted by molar-refractivity contribution is 5.77. The van der Waals surface area contributed by atoms with Crippen LogP contribution in [0.3, 0.4) is 0 Å². The van der Waals surface area contributed by atoms with Crippen molar-refractivity contribution in [1.29, 1.82) is 0 Å². The van der Waals surface area contributed by atoms with E-state index in [1.54, 1.807) is 12.4 Å². The maximum atomic E-state index is 10.5. The van der Waals surface area contributed by atoms with Crippen LogP contribution in [0.25, 0.3) is 22.4 Å². The number of hydrogen-bond donors (Lipinski definition) is 3. The van der Waals surface area contributed by atoms with E-state index in [1.807, 2.05) is 41.1 Å². The smallest absolute Gasteiger partial charge is 0.404 e. The van der Waals surface area contributed by atoms with Crippen LogP contribution in [0.5, 0.6) is 0 Å². The van der Waals surface area contributed by atoms with Gasteiger partial charge in [0.05, 0.1) is 6.20 Å². The molecule has 28 heavy (non-hydrogen) atoms. The first-order valence-electron chi connectivity index (χ1n) is 8.74. The van der Waals surface area contributed by atoms with Gasteiger partial charge in [-0.15, -0.1) is 0 Å². The highest BCUT2D eigenvalue weighted by Crippen LogP contribution is 2.24. The average molecular weight is 378 g/mol. The highest BCUT2D eigenvalue weighted by atomic mass is 16.4. The van der Waals surface area contributed by atoms with Crippen LogP contribution in [0.1, 0.15) is 6.42 Å². The van der Waals surface area contributed by atoms with Crippen LogP contribution in [-0.2, 0) is 6.54 Å². The third kappa shape index (κ3) is 3.93. The standard InChI is InChI=1S/C19H18N6O3/c26-19(27)21-6-2-7-25-8-5-14-10-22-18(24-17(14)25)23-15-4-1-3-13(9-15)16-11-20-12-28-16/h1,3-5,8-12,21H,2,6-7H2,(H,26,27)(H,22,23,24). The Kier molecular flexibility index (Phi) is 4.87. The van der Waals surface area contributed by atoms with E-state index in [0.717, 1.165) is 22.3 Å². The molecule has 0 saturated heterocycles. The molecule has 0 saturated carbocycles. The fraction of sp³-hybridized carbons (Fsp3) is 0.158. The third-order valence-corrected chi connectivity index (χ3v) is 4.19. The Morgan fingerprint density at radius 1 is 1.25 bits per heavy atom. The van der Waals surface area contributed by atoms with Gasteiger partial charge in [-0.3, -0.25) is 0 Å². The molecular formula is C19H18N6O3. The number of aromatic nitrogens is 4. The monoisotopic (exact) mass is 378 g/mol. The average Bonchev–Trinajstić information content (AvgIpc) is 3.36. The number of fused-ring (bicyclic) bond motifs is 1. The largest absolute Gasteiger partial charge is 0.465 e. The van der Waals surface area contributed by atoms with Crippen molar-refractivity contribution in [2.24, 2.45) is 0 Å². The molecule has 3 heterocycles. The predicted molar refractivity (Wildman–Crippen MR) is 103 cm³/mol. The summed E-state index contributed by atoms with van der Waals surface area (Å²) in [5.74, 6) is 1.16. The number of hydrogen-bond acceptors (Lipinski definition) is 6. The van der Waals surface area contributed by atoms with Crippen molar-refractivity contribution in [1.82, 2.24) is 24.8 Å². The lowest BCUT2D eigenvalue weighted by molar-refractivity contribution is 0.194. The Morgan fingerprint density at radius 2 is 2.18 bits per heavy atom. The molecule has 0 spiro atoms. The van der Waals surface area contributed by atoms with Gasteiger partial charge in [0.2, 0.25) is 5.95 Å². The van der Waals surface area contributed by atoms with Crippen molar-refractivity contribution in [2.45, 2.75) is 13.0 Å². The van der Waals surface area contributed by atoms with Crippen molar-refractivity contribution in [2.75, 3.05) is 11.9 Å². The third-order valence-electron chi connectivity index (χ3n) is 4.19. The number of rotatable bonds is 7. The molecule has 4 aromatic rings. The van der Waals surface area contributed by atoms with Gasteiger partial charge in [0.25, 0.3) is 0 Å². The summed E-state index contributed by atoms with van der Waals surface area (Å²) in [6.45, 7) is 1.04. The topological polar surface area (TPSA) is 118 Å². The van der Waals surface area contributed by atoms with Gasteiger partial charge in [0.15, 0.2) is 12.2 Å². The van der Waals surface area contributed by atoms with E-state index in [0.29, 0.717) is 31.2 Å². The number of amides is 1. The minimum Gasteiger partial charge on any atom is -0.465 e. The zero-order valence-electron chi connectivity index (χ0n) is 14.9. The van der Waals surface area contributed by atoms with Gasteiger partial charge in [0, 0.05) is 42.1 Å². The fourth-order valence-corrected chi connectivity index (χ4v) is 2.89. The van der Waals surface area contributed by atoms with Crippen LogP contribution in [0.2, 0.25) is 0 Å². The molecule has 3 aromatic heterocycles. The molecule has 0 atom stereocenters. The Balaban J connectivity index is 1.51. The van der Waals surface area contributed by atoms with E-state index in [9.17, 15) is 4.79 Å². The number of carboxylic acid groups (broad SMARTS) is 1. The van der Waals surface area contributed by atoms with Crippen LogP contribution in [-0.4, -0.2) is 37.3 Å². The molecule has 142 valence electrons. The molecule has 3 N–H and O–H groups in total. The van der Waals surface area contributed by atoms with E-state index in [2.05, 4.69) is 25.6 Å². The van der Waals surface area contributed by atoms with Gasteiger partial charge < -0.3 is 24.7 Å². The number of aryl methyl sites for hydroxylation is 1. The number of anilines is 2. The molecule has 0 fully saturated rings. The van der Waals surface area contributed by atoms with Gasteiger partial charge in [0.1, 0.15) is 5.65 Å². The van der Waals surface area contributed by atoms with Crippen LogP contribution in [0.4, 0.5) is 16.4 Å². The Labute approximate surface area is 160 Å². The molecule has 1 aromatic carbocycles. The van der Waals surface area contributed by atoms with E-state index >= 15 is 0 Å². The summed E-state index contributed by atoms with van der Waals surface area (Å²) in [6, 6.07) is 9.64. The molecular weight excluding hydrogens is 360 g/mol. The van der Waals surface area contributed by atoms with Crippen LogP contribution >= 0.6 is 0 Å². The van der Waals surface area contributed by atoms with E-state index in [4.69, 9.17) is 9.52 Å². The Morgan fingerprint density at radius 3 is 3.00 bits per heavy atom. The quantitative estimate of drug-likeness (QED) is 0.421. The zero-order valence-corrected chi connectivity index (χ0v) is 14.9. The second kappa shape index (κ2) is 7.78. The minimum absolute atomic E-state index is 0.389. The lowest BCUT2D eigenvalue weighted by Gasteiger charge is -2.08. The van der Waals surface area contributed by atoms with Crippen LogP contribution in [0, 0.1) is 0 Å². The number of benzene rings is 1. The summed E-state index contributed by atoms with van der Waals surface area (Å²) >= 11 is 0. The molecule has 0 aliphatic rings. The summed E-state index contributed by atoms with van der Waals surface area (Å²) in [5.41, 5.74) is 2.52. The number of carbonyl (C=O) groups is 1. The van der Waals surface area contributed by atoms with Crippen LogP contribution in [0.15, 0.2) is 59.7 Å². The van der Waals surface area contributed by atoms with Crippen molar-refractivity contribution in [3.05, 3.63) is 55.3 Å². The molecule has 0 unspecified atom stereocenters. The van der Waals surface area contributed by atoms with E-state index in [1.165, 1.54) is 6.39 Å².